The van der Waals surface area contributed by atoms with Gasteiger partial charge in [0, 0.05) is 19.9 Å². The van der Waals surface area contributed by atoms with Crippen LogP contribution < -0.4 is 4.74 Å². The highest BCUT2D eigenvalue weighted by molar-refractivity contribution is 7.59. The van der Waals surface area contributed by atoms with Crippen LogP contribution >= 0.6 is 13.5 Å². The number of ketones is 1. The molecule has 0 fully saturated rings. The molecule has 0 unspecified atom stereocenters. The summed E-state index contributed by atoms with van der Waals surface area (Å²) < 4.78 is 5.27. The second-order valence-corrected chi connectivity index (χ2v) is 2.52. The largest absolute Gasteiger partial charge is 0.492 e. The number of Topliss-reactive ketones (excluding diaryl/α,β-unsaturated/α-hetero) is 1. The Kier molecular flexibility index (Phi) is 2.76. The minimum atomic E-state index is 0. The lowest BCUT2D eigenvalue weighted by atomic mass is 10.1. The maximum Gasteiger partial charge on any atom is 0.169 e. The minimum Gasteiger partial charge on any atom is -0.492 e. The molecule has 1 aromatic rings. The molecule has 0 saturated carbocycles. The zero-order chi connectivity index (χ0) is 7.68. The maximum absolute atomic E-state index is 11.2. The van der Waals surface area contributed by atoms with Crippen molar-refractivity contribution >= 4 is 19.3 Å². The van der Waals surface area contributed by atoms with Crippen LogP contribution in [0.2, 0.25) is 0 Å². The predicted molar refractivity (Wildman–Crippen MR) is 48.5 cm³/mol. The fourth-order valence-corrected chi connectivity index (χ4v) is 1.21. The Balaban J connectivity index is 0.000000720. The van der Waals surface area contributed by atoms with Crippen molar-refractivity contribution in [2.75, 3.05) is 6.61 Å². The van der Waals surface area contributed by atoms with Crippen molar-refractivity contribution in [2.45, 2.75) is 6.42 Å². The smallest absolute Gasteiger partial charge is 0.169 e. The van der Waals surface area contributed by atoms with Gasteiger partial charge in [0.1, 0.15) is 5.75 Å². The van der Waals surface area contributed by atoms with Crippen LogP contribution in [0.25, 0.3) is 0 Å². The predicted octanol–water partition coefficient (Wildman–Crippen LogP) is 2.30. The van der Waals surface area contributed by atoms with Gasteiger partial charge in [0.2, 0.25) is 0 Å². The van der Waals surface area contributed by atoms with Crippen LogP contribution in [0.15, 0.2) is 24.3 Å². The Morgan fingerprint density at radius 1 is 1.25 bits per heavy atom. The normalized spacial score (nSPS) is 14.2. The highest BCUT2D eigenvalue weighted by Crippen LogP contribution is 2.23. The fourth-order valence-electron chi connectivity index (χ4n) is 1.21. The number of para-hydroxylation sites is 1. The first-order chi connectivity index (χ1) is 5.38. The second kappa shape index (κ2) is 3.63. The molecule has 12 heavy (non-hydrogen) atoms. The van der Waals surface area contributed by atoms with Gasteiger partial charge in [-0.1, -0.05) is 12.1 Å². The van der Waals surface area contributed by atoms with Gasteiger partial charge in [-0.05, 0) is 12.1 Å². The van der Waals surface area contributed by atoms with Crippen molar-refractivity contribution < 1.29 is 9.53 Å². The summed E-state index contributed by atoms with van der Waals surface area (Å²) in [5.74, 6) is 0.913. The van der Waals surface area contributed by atoms with Crippen molar-refractivity contribution in [3.63, 3.8) is 0 Å². The average Bonchev–Trinajstić information content (AvgIpc) is 2.06. The number of carbonyl (C=O) groups excluding carboxylic acids is 1. The second-order valence-electron chi connectivity index (χ2n) is 2.52. The van der Waals surface area contributed by atoms with E-state index >= 15 is 0 Å². The summed E-state index contributed by atoms with van der Waals surface area (Å²) in [4.78, 5) is 11.2. The van der Waals surface area contributed by atoms with E-state index in [1.165, 1.54) is 0 Å². The molecule has 3 heteroatoms. The van der Waals surface area contributed by atoms with Crippen LogP contribution in [-0.4, -0.2) is 12.4 Å². The molecule has 0 bridgehead atoms. The van der Waals surface area contributed by atoms with Crippen LogP contribution in [-0.2, 0) is 0 Å². The summed E-state index contributed by atoms with van der Waals surface area (Å²) in [6, 6.07) is 7.35. The van der Waals surface area contributed by atoms with Crippen LogP contribution in [0.3, 0.4) is 0 Å². The van der Waals surface area contributed by atoms with E-state index in [1.807, 2.05) is 18.2 Å². The molecule has 0 atom stereocenters. The minimum absolute atomic E-state index is 0. The third kappa shape index (κ3) is 1.46. The van der Waals surface area contributed by atoms with Gasteiger partial charge < -0.3 is 4.74 Å². The zero-order valence-electron chi connectivity index (χ0n) is 6.45. The van der Waals surface area contributed by atoms with Gasteiger partial charge in [-0.2, -0.15) is 0 Å². The Morgan fingerprint density at radius 3 is 2.75 bits per heavy atom. The van der Waals surface area contributed by atoms with Crippen LogP contribution in [0.5, 0.6) is 5.75 Å². The van der Waals surface area contributed by atoms with E-state index in [9.17, 15) is 4.79 Å². The van der Waals surface area contributed by atoms with E-state index in [0.717, 1.165) is 11.3 Å². The summed E-state index contributed by atoms with van der Waals surface area (Å²) in [5.41, 5.74) is 0.721. The molecule has 0 aliphatic carbocycles. The third-order valence-electron chi connectivity index (χ3n) is 1.77. The van der Waals surface area contributed by atoms with E-state index in [2.05, 4.69) is 0 Å². The maximum atomic E-state index is 11.2. The van der Waals surface area contributed by atoms with Crippen LogP contribution in [0, 0.1) is 0 Å². The van der Waals surface area contributed by atoms with Gasteiger partial charge in [0.15, 0.2) is 5.78 Å². The Labute approximate surface area is 78.0 Å². The monoisotopic (exact) mass is 180 g/mol. The van der Waals surface area contributed by atoms with E-state index in [4.69, 9.17) is 4.74 Å². The lowest BCUT2D eigenvalue weighted by Crippen LogP contribution is -2.14. The molecule has 1 aromatic carbocycles. The summed E-state index contributed by atoms with van der Waals surface area (Å²) >= 11 is 0. The van der Waals surface area contributed by atoms with E-state index in [0.29, 0.717) is 13.0 Å². The number of hydrogen-bond donors (Lipinski definition) is 0. The Hall–Kier alpha value is -0.960. The number of benzene rings is 1. The quantitative estimate of drug-likeness (QED) is 0.612. The highest BCUT2D eigenvalue weighted by Gasteiger charge is 2.16. The van der Waals surface area contributed by atoms with Gasteiger partial charge in [0.25, 0.3) is 0 Å². The first-order valence-corrected chi connectivity index (χ1v) is 3.63. The molecule has 0 aromatic heterocycles. The molecule has 0 spiro atoms. The van der Waals surface area contributed by atoms with Gasteiger partial charge in [-0.3, -0.25) is 4.79 Å². The SMILES string of the molecule is O=C1CCOc2ccccc21.[S]. The molecule has 1 aliphatic heterocycles. The zero-order valence-corrected chi connectivity index (χ0v) is 7.26. The lowest BCUT2D eigenvalue weighted by Gasteiger charge is -2.14. The number of hydrogen-bond acceptors (Lipinski definition) is 2. The molecule has 1 heterocycles. The van der Waals surface area contributed by atoms with E-state index < -0.39 is 0 Å². The standard InChI is InChI=1S/C9H8O2.S/c10-8-5-6-11-9-4-2-1-3-7(8)9;/h1-4H,5-6H2;. The van der Waals surface area contributed by atoms with Gasteiger partial charge in [-0.25, -0.2) is 0 Å². The Morgan fingerprint density at radius 2 is 2.00 bits per heavy atom. The number of rotatable bonds is 0. The topological polar surface area (TPSA) is 26.3 Å². The summed E-state index contributed by atoms with van der Waals surface area (Å²) in [6.45, 7) is 0.524. The summed E-state index contributed by atoms with van der Waals surface area (Å²) in [5, 5.41) is 0. The molecule has 1 aliphatic rings. The summed E-state index contributed by atoms with van der Waals surface area (Å²) in [7, 11) is 0. The number of ether oxygens (including phenoxy) is 1. The molecule has 0 saturated heterocycles. The lowest BCUT2D eigenvalue weighted by molar-refractivity contribution is 0.0933. The van der Waals surface area contributed by atoms with Crippen molar-refractivity contribution in [3.05, 3.63) is 29.8 Å². The fraction of sp³-hybridized carbons (Fsp3) is 0.222. The third-order valence-corrected chi connectivity index (χ3v) is 1.77. The molecule has 62 valence electrons. The van der Waals surface area contributed by atoms with Crippen molar-refractivity contribution in [1.82, 2.24) is 0 Å². The molecule has 2 rings (SSSR count). The number of carbonyl (C=O) groups is 1. The molecule has 0 amide bonds. The molecule has 0 N–H and O–H groups in total. The summed E-state index contributed by atoms with van der Waals surface area (Å²) in [6.07, 6.45) is 0.511. The van der Waals surface area contributed by atoms with Crippen molar-refractivity contribution in [1.29, 1.82) is 0 Å². The first-order valence-electron chi connectivity index (χ1n) is 3.63. The van der Waals surface area contributed by atoms with E-state index in [-0.39, 0.29) is 19.3 Å². The van der Waals surface area contributed by atoms with Gasteiger partial charge >= 0.3 is 0 Å². The van der Waals surface area contributed by atoms with Crippen LogP contribution in [0.1, 0.15) is 16.8 Å². The van der Waals surface area contributed by atoms with Crippen molar-refractivity contribution in [3.8, 4) is 5.75 Å². The van der Waals surface area contributed by atoms with E-state index in [1.54, 1.807) is 6.07 Å². The molecule has 2 nitrogen and oxygen atoms in total. The van der Waals surface area contributed by atoms with Gasteiger partial charge in [0.05, 0.1) is 12.2 Å². The molecular formula is C9H8O2S. The molecular weight excluding hydrogens is 172 g/mol. The number of fused-ring (bicyclic) bond motifs is 1. The van der Waals surface area contributed by atoms with Crippen molar-refractivity contribution in [2.24, 2.45) is 0 Å². The first kappa shape index (κ1) is 9.13. The van der Waals surface area contributed by atoms with Crippen LogP contribution in [0.4, 0.5) is 0 Å². The van der Waals surface area contributed by atoms with Gasteiger partial charge in [-0.15, -0.1) is 0 Å². The Bertz CT molecular complexity index is 296. The average molecular weight is 180 g/mol. The highest BCUT2D eigenvalue weighted by atomic mass is 32.1. The molecule has 2 radical (unpaired) electrons.